The highest BCUT2D eigenvalue weighted by Gasteiger charge is 2.59. The summed E-state index contributed by atoms with van der Waals surface area (Å²) in [6, 6.07) is -0.734. The zero-order valence-corrected chi connectivity index (χ0v) is 21.2. The van der Waals surface area contributed by atoms with Gasteiger partial charge in [-0.1, -0.05) is 6.92 Å². The van der Waals surface area contributed by atoms with Gasteiger partial charge in [-0.05, 0) is 23.8 Å². The van der Waals surface area contributed by atoms with Gasteiger partial charge in [0, 0.05) is 48.2 Å². The second-order valence-corrected chi connectivity index (χ2v) is 11.8. The number of carbonyl (C=O) groups excluding carboxylic acids is 3. The number of tetrazole rings is 1. The highest BCUT2D eigenvalue weighted by molar-refractivity contribution is 8.03. The summed E-state index contributed by atoms with van der Waals surface area (Å²) in [7, 11) is -3.77. The number of amides is 2. The van der Waals surface area contributed by atoms with E-state index in [0.29, 0.717) is 18.7 Å². The van der Waals surface area contributed by atoms with Gasteiger partial charge in [0.15, 0.2) is 5.78 Å². The average Bonchev–Trinajstić information content (AvgIpc) is 3.47. The van der Waals surface area contributed by atoms with Crippen LogP contribution in [-0.2, 0) is 31.1 Å². The van der Waals surface area contributed by atoms with Crippen LogP contribution in [0.4, 0.5) is 0 Å². The first-order valence-corrected chi connectivity index (χ1v) is 13.6. The third-order valence-electron chi connectivity index (χ3n) is 6.55. The molecule has 3 aliphatic heterocycles. The number of nitrogens with two attached hydrogens (primary N) is 1. The summed E-state index contributed by atoms with van der Waals surface area (Å²) < 4.78 is 25.9. The van der Waals surface area contributed by atoms with E-state index in [-0.39, 0.29) is 53.9 Å². The molecule has 0 aliphatic carbocycles. The largest absolute Gasteiger partial charge is 0.351 e. The first-order valence-electron chi connectivity index (χ1n) is 11.2. The first-order chi connectivity index (χ1) is 16.5. The molecule has 2 amide bonds. The second-order valence-electron chi connectivity index (χ2n) is 9.12. The Labute approximate surface area is 207 Å². The maximum Gasteiger partial charge on any atom is 0.274 e. The van der Waals surface area contributed by atoms with Gasteiger partial charge in [-0.3, -0.25) is 14.4 Å². The first kappa shape index (κ1) is 25.7. The minimum Gasteiger partial charge on any atom is -0.351 e. The zero-order valence-electron chi connectivity index (χ0n) is 19.5. The van der Waals surface area contributed by atoms with Crippen molar-refractivity contribution in [2.24, 2.45) is 17.0 Å². The molecule has 0 spiro atoms. The van der Waals surface area contributed by atoms with Gasteiger partial charge in [0.05, 0.1) is 17.7 Å². The number of hydrogen-bond acceptors (Lipinski definition) is 10. The molecule has 14 nitrogen and oxygen atoms in total. The van der Waals surface area contributed by atoms with Crippen LogP contribution in [0.3, 0.4) is 0 Å². The van der Waals surface area contributed by atoms with E-state index in [1.165, 1.54) is 17.9 Å². The molecule has 6 atom stereocenters. The Hall–Kier alpha value is -2.40. The molecule has 192 valence electrons. The van der Waals surface area contributed by atoms with Crippen molar-refractivity contribution in [2.75, 3.05) is 13.1 Å². The molecule has 0 bridgehead atoms. The molecule has 5 N–H and O–H groups in total. The standard InChI is InChI=1S/C19H29N9O5S2/c1-9-16-15(10(2)24-14(30)7-27-8-22-25-26-27)19(31)28(16)17(11(3)29)18(9)34-13-4-12(21-6-13)5-23-35(20,32)33/h8-10,12-13,15-16,21,23H,4-7H2,1-3H3,(H,24,30)(H2,20,32,33)/t9?,10-,12?,13?,15-,16+/m1/s1. The van der Waals surface area contributed by atoms with Crippen LogP contribution in [0.2, 0.25) is 0 Å². The van der Waals surface area contributed by atoms with E-state index < -0.39 is 22.2 Å². The minimum atomic E-state index is -3.77. The fourth-order valence-corrected chi connectivity index (χ4v) is 7.05. The van der Waals surface area contributed by atoms with E-state index in [1.54, 1.807) is 23.6 Å². The summed E-state index contributed by atoms with van der Waals surface area (Å²) in [6.07, 6.45) is 2.01. The normalized spacial score (nSPS) is 29.2. The molecular weight excluding hydrogens is 498 g/mol. The summed E-state index contributed by atoms with van der Waals surface area (Å²) in [5, 5.41) is 21.9. The number of β-lactam (4-membered cyclic amide) rings is 1. The molecule has 16 heteroatoms. The second kappa shape index (κ2) is 9.93. The van der Waals surface area contributed by atoms with Crippen molar-refractivity contribution in [3.63, 3.8) is 0 Å². The van der Waals surface area contributed by atoms with Gasteiger partial charge < -0.3 is 15.5 Å². The maximum absolute atomic E-state index is 13.1. The molecule has 4 heterocycles. The number of carbonyl (C=O) groups is 3. The summed E-state index contributed by atoms with van der Waals surface area (Å²) in [5.74, 6) is -1.21. The quantitative estimate of drug-likeness (QED) is 0.241. The lowest BCUT2D eigenvalue weighted by atomic mass is 9.78. The van der Waals surface area contributed by atoms with Crippen LogP contribution in [0.15, 0.2) is 16.9 Å². The van der Waals surface area contributed by atoms with Gasteiger partial charge in [-0.2, -0.15) is 8.42 Å². The molecule has 35 heavy (non-hydrogen) atoms. The number of nitrogens with one attached hydrogen (secondary N) is 3. The Bertz CT molecular complexity index is 1140. The van der Waals surface area contributed by atoms with Crippen molar-refractivity contribution >= 4 is 39.6 Å². The summed E-state index contributed by atoms with van der Waals surface area (Å²) in [6.45, 7) is 5.99. The summed E-state index contributed by atoms with van der Waals surface area (Å²) >= 11 is 1.56. The van der Waals surface area contributed by atoms with Crippen LogP contribution in [0.25, 0.3) is 0 Å². The molecule has 3 unspecified atom stereocenters. The predicted octanol–water partition coefficient (Wildman–Crippen LogP) is -2.29. The van der Waals surface area contributed by atoms with Crippen molar-refractivity contribution in [2.45, 2.75) is 57.1 Å². The molecule has 1 aromatic heterocycles. The molecular formula is C19H29N9O5S2. The van der Waals surface area contributed by atoms with Crippen molar-refractivity contribution in [3.8, 4) is 0 Å². The monoisotopic (exact) mass is 527 g/mol. The molecule has 0 aromatic carbocycles. The number of fused-ring (bicyclic) bond motifs is 1. The van der Waals surface area contributed by atoms with Crippen molar-refractivity contribution in [3.05, 3.63) is 16.9 Å². The van der Waals surface area contributed by atoms with Gasteiger partial charge in [-0.25, -0.2) is 14.5 Å². The predicted molar refractivity (Wildman–Crippen MR) is 125 cm³/mol. The number of nitrogens with zero attached hydrogens (tertiary/aromatic N) is 5. The van der Waals surface area contributed by atoms with E-state index in [4.69, 9.17) is 5.14 Å². The fourth-order valence-electron chi connectivity index (χ4n) is 5.04. The molecule has 0 radical (unpaired) electrons. The Morgan fingerprint density at radius 1 is 1.40 bits per heavy atom. The van der Waals surface area contributed by atoms with Crippen LogP contribution in [-0.4, -0.2) is 87.6 Å². The van der Waals surface area contributed by atoms with Crippen molar-refractivity contribution in [1.82, 2.24) is 40.5 Å². The molecule has 0 saturated carbocycles. The zero-order chi connectivity index (χ0) is 25.5. The van der Waals surface area contributed by atoms with Crippen molar-refractivity contribution < 1.29 is 22.8 Å². The number of ketones is 1. The third kappa shape index (κ3) is 5.40. The Morgan fingerprint density at radius 2 is 2.14 bits per heavy atom. The van der Waals surface area contributed by atoms with Crippen LogP contribution < -0.4 is 20.5 Å². The lowest BCUT2D eigenvalue weighted by molar-refractivity contribution is -0.156. The van der Waals surface area contributed by atoms with E-state index in [2.05, 4.69) is 30.9 Å². The molecule has 4 rings (SSSR count). The topological polar surface area (TPSA) is 194 Å². The van der Waals surface area contributed by atoms with Crippen LogP contribution >= 0.6 is 11.8 Å². The third-order valence-corrected chi connectivity index (χ3v) is 8.63. The molecule has 3 aliphatic rings. The highest BCUT2D eigenvalue weighted by atomic mass is 32.2. The Balaban J connectivity index is 1.41. The van der Waals surface area contributed by atoms with E-state index in [0.717, 1.165) is 4.91 Å². The number of Topliss-reactive ketones (excluding diaryl/α,β-unsaturated/α-hetero) is 1. The van der Waals surface area contributed by atoms with Gasteiger partial charge in [0.25, 0.3) is 10.2 Å². The lowest BCUT2D eigenvalue weighted by Gasteiger charge is -2.48. The number of aromatic nitrogens is 4. The Morgan fingerprint density at radius 3 is 2.77 bits per heavy atom. The molecule has 2 saturated heterocycles. The number of thioether (sulfide) groups is 1. The van der Waals surface area contributed by atoms with Crippen LogP contribution in [0, 0.1) is 11.8 Å². The number of hydrogen-bond donors (Lipinski definition) is 4. The van der Waals surface area contributed by atoms with Crippen molar-refractivity contribution in [1.29, 1.82) is 0 Å². The minimum absolute atomic E-state index is 0.0591. The van der Waals surface area contributed by atoms with Gasteiger partial charge in [0.1, 0.15) is 12.9 Å². The number of rotatable bonds is 10. The number of allylic oxidation sites excluding steroid dienone is 1. The molecule has 1 aromatic rings. The van der Waals surface area contributed by atoms with E-state index in [1.807, 2.05) is 6.92 Å². The van der Waals surface area contributed by atoms with Gasteiger partial charge in [-0.15, -0.1) is 16.9 Å². The summed E-state index contributed by atoms with van der Waals surface area (Å²) in [4.78, 5) is 40.5. The lowest BCUT2D eigenvalue weighted by Crippen LogP contribution is -2.66. The molecule has 2 fully saturated rings. The fraction of sp³-hybridized carbons (Fsp3) is 0.684. The van der Waals surface area contributed by atoms with E-state index >= 15 is 0 Å². The highest BCUT2D eigenvalue weighted by Crippen LogP contribution is 2.52. The summed E-state index contributed by atoms with van der Waals surface area (Å²) in [5.41, 5.74) is 0.423. The maximum atomic E-state index is 13.1. The smallest absolute Gasteiger partial charge is 0.274 e. The van der Waals surface area contributed by atoms with Crippen LogP contribution in [0.5, 0.6) is 0 Å². The Kier molecular flexibility index (Phi) is 7.28. The van der Waals surface area contributed by atoms with Gasteiger partial charge >= 0.3 is 0 Å². The SMILES string of the molecule is CC(=O)C1=C(SC2CNC(CNS(N)(=O)=O)C2)C(C)[C@H]2[C@@H]([C@@H](C)NC(=O)Cn3cnnn3)C(=O)N12. The van der Waals surface area contributed by atoms with Gasteiger partial charge in [0.2, 0.25) is 11.8 Å². The average molecular weight is 528 g/mol. The van der Waals surface area contributed by atoms with E-state index in [9.17, 15) is 22.8 Å². The van der Waals surface area contributed by atoms with Crippen LogP contribution in [0.1, 0.15) is 27.2 Å².